The second-order valence-corrected chi connectivity index (χ2v) is 1.65. The predicted octanol–water partition coefficient (Wildman–Crippen LogP) is 0.739. The van der Waals surface area contributed by atoms with Crippen molar-refractivity contribution in [1.82, 2.24) is 5.06 Å². The first-order chi connectivity index (χ1) is 4.79. The Bertz CT molecular complexity index is 173. The molecule has 1 heterocycles. The van der Waals surface area contributed by atoms with Crippen LogP contribution < -0.4 is 0 Å². The van der Waals surface area contributed by atoms with E-state index in [-0.39, 0.29) is 5.97 Å². The summed E-state index contributed by atoms with van der Waals surface area (Å²) in [5, 5.41) is 1.26. The Morgan fingerprint density at radius 2 is 2.10 bits per heavy atom. The fourth-order valence-corrected chi connectivity index (χ4v) is 0.495. The summed E-state index contributed by atoms with van der Waals surface area (Å²) in [6, 6.07) is 0. The van der Waals surface area contributed by atoms with Gasteiger partial charge in [0.25, 0.3) is 0 Å². The van der Waals surface area contributed by atoms with Gasteiger partial charge >= 0.3 is 5.97 Å². The maximum absolute atomic E-state index is 10.3. The minimum Gasteiger partial charge on any atom is -0.469 e. The van der Waals surface area contributed by atoms with Crippen LogP contribution in [0.5, 0.6) is 0 Å². The van der Waals surface area contributed by atoms with Gasteiger partial charge in [-0.25, -0.2) is 4.79 Å². The summed E-state index contributed by atoms with van der Waals surface area (Å²) in [4.78, 5) is 15.0. The predicted molar refractivity (Wildman–Crippen MR) is 33.0 cm³/mol. The first-order valence-corrected chi connectivity index (χ1v) is 2.75. The van der Waals surface area contributed by atoms with Gasteiger partial charge in [0.1, 0.15) is 12.5 Å². The van der Waals surface area contributed by atoms with Gasteiger partial charge < -0.3 is 9.57 Å². The highest BCUT2D eigenvalue weighted by Gasteiger charge is 2.00. The average molecular weight is 141 g/mol. The molecule has 1 aliphatic rings. The van der Waals surface area contributed by atoms with E-state index in [2.05, 4.69) is 9.57 Å². The van der Waals surface area contributed by atoms with E-state index in [0.29, 0.717) is 0 Å². The Kier molecular flexibility index (Phi) is 1.94. The smallest absolute Gasteiger partial charge is 0.329 e. The summed E-state index contributed by atoms with van der Waals surface area (Å²) in [7, 11) is 0. The largest absolute Gasteiger partial charge is 0.469 e. The molecular weight excluding hydrogens is 134 g/mol. The zero-order chi connectivity index (χ0) is 7.40. The molecule has 0 saturated carbocycles. The van der Waals surface area contributed by atoms with E-state index in [0.717, 1.165) is 0 Å². The number of carbonyl (C=O) groups excluding carboxylic acids is 1. The van der Waals surface area contributed by atoms with Gasteiger partial charge in [-0.2, -0.15) is 5.06 Å². The molecule has 0 spiro atoms. The quantitative estimate of drug-likeness (QED) is 0.539. The minimum absolute atomic E-state index is 0.365. The van der Waals surface area contributed by atoms with Crippen LogP contribution in [-0.2, 0) is 14.4 Å². The van der Waals surface area contributed by atoms with E-state index in [1.165, 1.54) is 36.9 Å². The molecule has 0 radical (unpaired) electrons. The van der Waals surface area contributed by atoms with Crippen LogP contribution in [0.4, 0.5) is 0 Å². The molecule has 0 bridgehead atoms. The highest BCUT2D eigenvalue weighted by atomic mass is 16.7. The van der Waals surface area contributed by atoms with E-state index in [4.69, 9.17) is 0 Å². The molecular formula is C6H7NO3. The Labute approximate surface area is 58.3 Å². The second-order valence-electron chi connectivity index (χ2n) is 1.65. The lowest BCUT2D eigenvalue weighted by Crippen LogP contribution is -2.15. The van der Waals surface area contributed by atoms with Crippen molar-refractivity contribution in [1.29, 1.82) is 0 Å². The Balaban J connectivity index is 2.40. The van der Waals surface area contributed by atoms with Crippen LogP contribution in [0.25, 0.3) is 0 Å². The van der Waals surface area contributed by atoms with Crippen LogP contribution in [0.2, 0.25) is 0 Å². The fraction of sp³-hybridized carbons (Fsp3) is 0.167. The van der Waals surface area contributed by atoms with Crippen LogP contribution in [-0.4, -0.2) is 11.0 Å². The van der Waals surface area contributed by atoms with E-state index in [1.807, 2.05) is 0 Å². The molecule has 0 aromatic heterocycles. The van der Waals surface area contributed by atoms with Gasteiger partial charge in [0.15, 0.2) is 0 Å². The van der Waals surface area contributed by atoms with Crippen molar-refractivity contribution in [2.75, 3.05) is 0 Å². The fourth-order valence-electron chi connectivity index (χ4n) is 0.495. The topological polar surface area (TPSA) is 38.8 Å². The molecule has 0 aromatic carbocycles. The number of ether oxygens (including phenoxy) is 1. The van der Waals surface area contributed by atoms with Crippen molar-refractivity contribution in [3.05, 3.63) is 24.9 Å². The molecule has 1 rings (SSSR count). The van der Waals surface area contributed by atoms with Crippen molar-refractivity contribution in [3.63, 3.8) is 0 Å². The Morgan fingerprint density at radius 3 is 2.60 bits per heavy atom. The summed E-state index contributed by atoms with van der Waals surface area (Å²) < 4.78 is 4.69. The van der Waals surface area contributed by atoms with Crippen molar-refractivity contribution in [3.8, 4) is 0 Å². The molecule has 0 N–H and O–H groups in total. The summed E-state index contributed by atoms with van der Waals surface area (Å²) >= 11 is 0. The summed E-state index contributed by atoms with van der Waals surface area (Å²) in [6.45, 7) is 1.33. The molecule has 0 atom stereocenters. The van der Waals surface area contributed by atoms with Crippen molar-refractivity contribution < 1.29 is 14.4 Å². The van der Waals surface area contributed by atoms with Crippen LogP contribution in [0.3, 0.4) is 0 Å². The SMILES string of the molecule is CC(=O)ON1C=COC=C1. The zero-order valence-corrected chi connectivity index (χ0v) is 5.48. The molecule has 4 heteroatoms. The van der Waals surface area contributed by atoms with Crippen LogP contribution in [0, 0.1) is 0 Å². The molecule has 0 amide bonds. The van der Waals surface area contributed by atoms with E-state index in [9.17, 15) is 4.79 Å². The Hall–Kier alpha value is -1.45. The average Bonchev–Trinajstić information content (AvgIpc) is 1.88. The number of carbonyl (C=O) groups is 1. The number of rotatable bonds is 1. The van der Waals surface area contributed by atoms with Crippen molar-refractivity contribution in [2.24, 2.45) is 0 Å². The zero-order valence-electron chi connectivity index (χ0n) is 5.48. The van der Waals surface area contributed by atoms with Crippen LogP contribution in [0.15, 0.2) is 24.9 Å². The van der Waals surface area contributed by atoms with Gasteiger partial charge in [-0.15, -0.1) is 0 Å². The normalized spacial score (nSPS) is 14.7. The maximum atomic E-state index is 10.3. The molecule has 4 nitrogen and oxygen atoms in total. The molecule has 54 valence electrons. The minimum atomic E-state index is -0.365. The summed E-state index contributed by atoms with van der Waals surface area (Å²) in [5.41, 5.74) is 0. The Morgan fingerprint density at radius 1 is 1.50 bits per heavy atom. The summed E-state index contributed by atoms with van der Waals surface area (Å²) in [5.74, 6) is -0.365. The molecule has 0 aliphatic carbocycles. The third-order valence-corrected chi connectivity index (χ3v) is 0.807. The summed E-state index contributed by atoms with van der Waals surface area (Å²) in [6.07, 6.45) is 5.79. The third kappa shape index (κ3) is 1.81. The molecule has 0 unspecified atom stereocenters. The van der Waals surface area contributed by atoms with Gasteiger partial charge in [-0.05, 0) is 0 Å². The van der Waals surface area contributed by atoms with Gasteiger partial charge in [-0.1, -0.05) is 0 Å². The number of hydrogen-bond acceptors (Lipinski definition) is 4. The monoisotopic (exact) mass is 141 g/mol. The molecule has 0 saturated heterocycles. The highest BCUT2D eigenvalue weighted by Crippen LogP contribution is 2.00. The molecule has 0 fully saturated rings. The van der Waals surface area contributed by atoms with E-state index < -0.39 is 0 Å². The lowest BCUT2D eigenvalue weighted by Gasteiger charge is -2.14. The second kappa shape index (κ2) is 2.91. The number of nitrogens with zero attached hydrogens (tertiary/aromatic N) is 1. The van der Waals surface area contributed by atoms with E-state index in [1.54, 1.807) is 0 Å². The first-order valence-electron chi connectivity index (χ1n) is 2.75. The molecule has 1 aliphatic heterocycles. The number of hydroxylamine groups is 2. The van der Waals surface area contributed by atoms with E-state index >= 15 is 0 Å². The standard InChI is InChI=1S/C6H7NO3/c1-6(8)10-7-2-4-9-5-3-7/h2-5H,1H3. The van der Waals surface area contributed by atoms with Crippen molar-refractivity contribution >= 4 is 5.97 Å². The van der Waals surface area contributed by atoms with Gasteiger partial charge in [0, 0.05) is 6.92 Å². The van der Waals surface area contributed by atoms with Crippen molar-refractivity contribution in [2.45, 2.75) is 6.92 Å². The maximum Gasteiger partial charge on any atom is 0.329 e. The number of hydrogen-bond donors (Lipinski definition) is 0. The van der Waals surface area contributed by atoms with Crippen LogP contribution >= 0.6 is 0 Å². The highest BCUT2D eigenvalue weighted by molar-refractivity contribution is 5.65. The lowest BCUT2D eigenvalue weighted by molar-refractivity contribution is -0.167. The van der Waals surface area contributed by atoms with Gasteiger partial charge in [0.2, 0.25) is 0 Å². The van der Waals surface area contributed by atoms with Gasteiger partial charge in [-0.3, -0.25) is 0 Å². The van der Waals surface area contributed by atoms with Gasteiger partial charge in [0.05, 0.1) is 12.4 Å². The molecule has 10 heavy (non-hydrogen) atoms. The first kappa shape index (κ1) is 6.67. The third-order valence-electron chi connectivity index (χ3n) is 0.807. The lowest BCUT2D eigenvalue weighted by atomic mass is 10.7. The molecule has 0 aromatic rings. The van der Waals surface area contributed by atoms with Crippen LogP contribution in [0.1, 0.15) is 6.92 Å².